The lowest BCUT2D eigenvalue weighted by Gasteiger charge is -2.32. The zero-order valence-corrected chi connectivity index (χ0v) is 54.9. The first-order valence-electron chi connectivity index (χ1n) is 26.8. The first-order valence-corrected chi connectivity index (χ1v) is 31.6. The summed E-state index contributed by atoms with van der Waals surface area (Å²) < 4.78 is 28.9. The largest absolute Gasteiger partial charge is 0.423 e. The van der Waals surface area contributed by atoms with Gasteiger partial charge in [0.2, 0.25) is 0 Å². The van der Waals surface area contributed by atoms with Crippen LogP contribution in [0, 0.1) is 0 Å². The number of benzene rings is 10. The molecule has 10 aromatic carbocycles. The number of carbonyl (C=O) groups excluding carboxylic acids is 4. The predicted octanol–water partition coefficient (Wildman–Crippen LogP) is 19.0. The van der Waals surface area contributed by atoms with Crippen molar-refractivity contribution in [1.82, 2.24) is 9.55 Å². The lowest BCUT2D eigenvalue weighted by Crippen LogP contribution is -2.32. The Morgan fingerprint density at radius 2 is 0.648 bits per heavy atom. The summed E-state index contributed by atoms with van der Waals surface area (Å²) in [5.41, 5.74) is 6.12. The Morgan fingerprint density at radius 1 is 0.352 bits per heavy atom. The molecule has 0 atom stereocenters. The second kappa shape index (κ2) is 26.1. The van der Waals surface area contributed by atoms with E-state index in [1.165, 1.54) is 0 Å². The Hall–Kier alpha value is -8.49. The summed E-state index contributed by atoms with van der Waals surface area (Å²) in [5, 5.41) is 0. The topological polar surface area (TPSA) is 148 Å². The van der Waals surface area contributed by atoms with Gasteiger partial charge in [0.05, 0.1) is 50.6 Å². The summed E-state index contributed by atoms with van der Waals surface area (Å²) in [7, 11) is 0. The third-order valence-corrected chi connectivity index (χ3v) is 17.3. The molecule has 0 saturated heterocycles. The van der Waals surface area contributed by atoms with Gasteiger partial charge in [0.15, 0.2) is 0 Å². The number of halogens is 6. The van der Waals surface area contributed by atoms with Gasteiger partial charge in [0.1, 0.15) is 28.8 Å². The fourth-order valence-electron chi connectivity index (χ4n) is 9.82. The highest BCUT2D eigenvalue weighted by molar-refractivity contribution is 9.12. The van der Waals surface area contributed by atoms with E-state index in [1.807, 2.05) is 65.2 Å². The molecule has 0 radical (unpaired) electrons. The smallest absolute Gasteiger partial charge is 0.343 e. The SMILES string of the molecule is O=C(Oc1ccccc1)c1ccc(C2=NC(c3c(Br)cc(Br)cc3Br)(n3c(-c4c(Br)cc(Br)cc4Br)nc(-c4ccc(C(=O)Oc5ccccc5)cc4)c3-c3ccc(C(=O)Oc4ccccc4)cc3)N=C2c2ccc(C(=O)Oc3ccccc3)cc2)cc1. The van der Waals surface area contributed by atoms with Crippen LogP contribution >= 0.6 is 95.6 Å². The van der Waals surface area contributed by atoms with Gasteiger partial charge >= 0.3 is 23.9 Å². The van der Waals surface area contributed by atoms with Crippen LogP contribution in [0.1, 0.15) is 58.1 Å². The molecular weight excluding hydrogens is 1500 g/mol. The number of esters is 4. The quantitative estimate of drug-likeness (QED) is 0.0722. The average Bonchev–Trinajstić information content (AvgIpc) is 2.17. The van der Waals surface area contributed by atoms with Crippen LogP contribution in [0.5, 0.6) is 23.0 Å². The number of ether oxygens (including phenoxy) is 4. The highest BCUT2D eigenvalue weighted by atomic mass is 79.9. The molecule has 0 aliphatic carbocycles. The highest BCUT2D eigenvalue weighted by Gasteiger charge is 2.48. The molecule has 430 valence electrons. The second-order valence-electron chi connectivity index (χ2n) is 19.6. The van der Waals surface area contributed by atoms with Crippen LogP contribution in [0.2, 0.25) is 0 Å². The van der Waals surface area contributed by atoms with Crippen molar-refractivity contribution in [2.45, 2.75) is 5.79 Å². The van der Waals surface area contributed by atoms with Gasteiger partial charge in [-0.25, -0.2) is 34.1 Å². The molecule has 0 saturated carbocycles. The summed E-state index contributed by atoms with van der Waals surface area (Å²) in [4.78, 5) is 72.5. The van der Waals surface area contributed by atoms with Gasteiger partial charge in [-0.2, -0.15) is 0 Å². The number of rotatable bonds is 15. The molecule has 0 bridgehead atoms. The van der Waals surface area contributed by atoms with E-state index in [0.29, 0.717) is 103 Å². The molecule has 88 heavy (non-hydrogen) atoms. The molecule has 11 aromatic rings. The predicted molar refractivity (Wildman–Crippen MR) is 360 cm³/mol. The third kappa shape index (κ3) is 12.6. The molecule has 0 N–H and O–H groups in total. The van der Waals surface area contributed by atoms with E-state index in [1.54, 1.807) is 182 Å². The van der Waals surface area contributed by atoms with Crippen LogP contribution in [0.3, 0.4) is 0 Å². The average molecular weight is 1540 g/mol. The number of hydrogen-bond donors (Lipinski definition) is 0. The van der Waals surface area contributed by atoms with Crippen LogP contribution in [0.4, 0.5) is 0 Å². The molecule has 1 aliphatic heterocycles. The summed E-state index contributed by atoms with van der Waals surface area (Å²) in [6.07, 6.45) is 0. The van der Waals surface area contributed by atoms with Crippen molar-refractivity contribution in [2.75, 3.05) is 0 Å². The second-order valence-corrected chi connectivity index (χ2v) is 24.9. The van der Waals surface area contributed by atoms with Gasteiger partial charge in [-0.05, 0) is 153 Å². The first-order chi connectivity index (χ1) is 42.7. The maximum atomic E-state index is 13.9. The lowest BCUT2D eigenvalue weighted by molar-refractivity contribution is 0.0725. The summed E-state index contributed by atoms with van der Waals surface area (Å²) in [5.74, 6) is -2.30. The maximum Gasteiger partial charge on any atom is 0.343 e. The maximum absolute atomic E-state index is 13.9. The van der Waals surface area contributed by atoms with Gasteiger partial charge in [0.25, 0.3) is 5.79 Å². The minimum atomic E-state index is -1.91. The van der Waals surface area contributed by atoms with E-state index in [9.17, 15) is 19.2 Å². The Labute approximate surface area is 554 Å². The molecule has 12 nitrogen and oxygen atoms in total. The molecule has 0 amide bonds. The molecule has 12 rings (SSSR count). The van der Waals surface area contributed by atoms with Crippen molar-refractivity contribution in [1.29, 1.82) is 0 Å². The van der Waals surface area contributed by atoms with Crippen LogP contribution < -0.4 is 18.9 Å². The van der Waals surface area contributed by atoms with Gasteiger partial charge in [0, 0.05) is 54.7 Å². The number of carbonyl (C=O) groups is 4. The summed E-state index contributed by atoms with van der Waals surface area (Å²) >= 11 is 23.3. The van der Waals surface area contributed by atoms with E-state index in [0.717, 1.165) is 8.95 Å². The van der Waals surface area contributed by atoms with Crippen molar-refractivity contribution in [3.63, 3.8) is 0 Å². The van der Waals surface area contributed by atoms with Crippen molar-refractivity contribution in [3.8, 4) is 56.9 Å². The van der Waals surface area contributed by atoms with Crippen LogP contribution in [-0.2, 0) is 5.79 Å². The van der Waals surface area contributed by atoms with E-state index in [2.05, 4.69) is 95.6 Å². The minimum absolute atomic E-state index is 0.266. The summed E-state index contributed by atoms with van der Waals surface area (Å²) in [6, 6.07) is 70.6. The molecule has 0 spiro atoms. The van der Waals surface area contributed by atoms with Gasteiger partial charge in [-0.15, -0.1) is 0 Å². The number of aromatic nitrogens is 2. The molecule has 0 fully saturated rings. The van der Waals surface area contributed by atoms with Gasteiger partial charge in [-0.3, -0.25) is 4.57 Å². The zero-order valence-electron chi connectivity index (χ0n) is 45.4. The van der Waals surface area contributed by atoms with Crippen molar-refractivity contribution < 1.29 is 38.1 Å². The molecular formula is C70H40Br6N4O8. The number of aliphatic imine (C=N–C) groups is 2. The molecule has 2 heterocycles. The Kier molecular flexibility index (Phi) is 17.7. The Bertz CT molecular complexity index is 4390. The van der Waals surface area contributed by atoms with Gasteiger partial charge < -0.3 is 18.9 Å². The fourth-order valence-corrected chi connectivity index (χ4v) is 15.2. The van der Waals surface area contributed by atoms with Crippen LogP contribution in [0.25, 0.3) is 33.9 Å². The van der Waals surface area contributed by atoms with E-state index in [-0.39, 0.29) is 22.3 Å². The number of hydrogen-bond acceptors (Lipinski definition) is 11. The fraction of sp³-hybridized carbons (Fsp3) is 0.0143. The van der Waals surface area contributed by atoms with Crippen LogP contribution in [0.15, 0.2) is 279 Å². The summed E-state index contributed by atoms with van der Waals surface area (Å²) in [6.45, 7) is 0. The molecule has 18 heteroatoms. The van der Waals surface area contributed by atoms with Crippen molar-refractivity contribution >= 4 is 131 Å². The Balaban J connectivity index is 1.13. The number of nitrogens with zero attached hydrogens (tertiary/aromatic N) is 4. The van der Waals surface area contributed by atoms with Gasteiger partial charge in [-0.1, -0.05) is 185 Å². The molecule has 1 aliphatic rings. The third-order valence-electron chi connectivity index (χ3n) is 13.9. The Morgan fingerprint density at radius 3 is 0.977 bits per heavy atom. The standard InChI is InChI=1S/C70H40Br6N4O8/c71-49-37-55(73)59(56(74)38-49)65-77-63(43-25-33-47(34-26-43)68(83)87-53-17-9-3-10-18-53)64(44-27-35-48(36-28-44)69(84)88-54-19-11-4-12-20-54)80(65)70(60-57(75)39-50(72)40-58(60)76)78-61(41-21-29-45(30-22-41)66(81)85-51-13-5-1-6-14-51)62(79-70)42-23-31-46(32-24-42)67(82)86-52-15-7-2-8-16-52/h1-40H. The molecule has 1 aromatic heterocycles. The zero-order chi connectivity index (χ0) is 61.1. The first kappa shape index (κ1) is 59.8. The lowest BCUT2D eigenvalue weighted by atomic mass is 9.98. The number of imidazole rings is 1. The van der Waals surface area contributed by atoms with Crippen molar-refractivity contribution in [3.05, 3.63) is 308 Å². The normalized spacial score (nSPS) is 12.4. The van der Waals surface area contributed by atoms with E-state index >= 15 is 0 Å². The van der Waals surface area contributed by atoms with Crippen molar-refractivity contribution in [2.24, 2.45) is 9.98 Å². The minimum Gasteiger partial charge on any atom is -0.423 e. The molecule has 0 unspecified atom stereocenters. The monoisotopic (exact) mass is 1540 g/mol. The highest BCUT2D eigenvalue weighted by Crippen LogP contribution is 2.52. The van der Waals surface area contributed by atoms with E-state index in [4.69, 9.17) is 33.9 Å². The van der Waals surface area contributed by atoms with Crippen LogP contribution in [-0.4, -0.2) is 44.9 Å². The number of para-hydroxylation sites is 4. The van der Waals surface area contributed by atoms with E-state index < -0.39 is 29.7 Å².